The number of hydrogen-bond acceptors (Lipinski definition) is 4. The molecule has 2 aliphatic carbocycles. The molecule has 25 heavy (non-hydrogen) atoms. The van der Waals surface area contributed by atoms with E-state index in [9.17, 15) is 4.79 Å². The van der Waals surface area contributed by atoms with Crippen LogP contribution >= 0.6 is 0 Å². The van der Waals surface area contributed by atoms with E-state index < -0.39 is 0 Å². The lowest BCUT2D eigenvalue weighted by Gasteiger charge is -2.45. The van der Waals surface area contributed by atoms with E-state index in [1.807, 2.05) is 12.3 Å². The smallest absolute Gasteiger partial charge is 0.244 e. The molecule has 2 saturated heterocycles. The molecule has 134 valence electrons. The van der Waals surface area contributed by atoms with Crippen LogP contribution in [0.5, 0.6) is 0 Å². The van der Waals surface area contributed by atoms with Gasteiger partial charge in [-0.05, 0) is 43.7 Å². The van der Waals surface area contributed by atoms with E-state index in [-0.39, 0.29) is 11.2 Å². The highest BCUT2D eigenvalue weighted by atomic mass is 16.2. The molecule has 0 aromatic carbocycles. The Morgan fingerprint density at radius 2 is 1.88 bits per heavy atom. The fraction of sp³-hybridized carbons (Fsp3) is 0.700. The molecule has 2 saturated carbocycles. The third-order valence-electron chi connectivity index (χ3n) is 6.80. The number of nitrogens with zero attached hydrogens (tertiary/aromatic N) is 3. The number of nitrogens with one attached hydrogen (secondary N) is 1. The average molecular weight is 340 g/mol. The van der Waals surface area contributed by atoms with Gasteiger partial charge < -0.3 is 9.80 Å². The third-order valence-corrected chi connectivity index (χ3v) is 6.80. The van der Waals surface area contributed by atoms with Crippen LogP contribution in [0.4, 0.5) is 5.82 Å². The highest BCUT2D eigenvalue weighted by molar-refractivity contribution is 5.90. The molecule has 1 aromatic heterocycles. The number of pyridine rings is 1. The Morgan fingerprint density at radius 1 is 1.12 bits per heavy atom. The van der Waals surface area contributed by atoms with Crippen LogP contribution in [0.25, 0.3) is 0 Å². The summed E-state index contributed by atoms with van der Waals surface area (Å²) in [5.74, 6) is 2.21. The molecule has 1 aromatic rings. The topological polar surface area (TPSA) is 48.5 Å². The predicted molar refractivity (Wildman–Crippen MR) is 97.2 cm³/mol. The summed E-state index contributed by atoms with van der Waals surface area (Å²) >= 11 is 0. The van der Waals surface area contributed by atoms with Crippen molar-refractivity contribution in [3.63, 3.8) is 0 Å². The van der Waals surface area contributed by atoms with Crippen molar-refractivity contribution in [1.82, 2.24) is 15.2 Å². The summed E-state index contributed by atoms with van der Waals surface area (Å²) in [6.07, 6.45) is 10.9. The van der Waals surface area contributed by atoms with Crippen molar-refractivity contribution in [3.05, 3.63) is 24.4 Å². The van der Waals surface area contributed by atoms with Gasteiger partial charge in [-0.1, -0.05) is 18.9 Å². The Kier molecular flexibility index (Phi) is 3.56. The first-order valence-corrected chi connectivity index (χ1v) is 9.98. The molecular formula is C20H28N4O. The normalized spacial score (nSPS) is 27.6. The van der Waals surface area contributed by atoms with Crippen molar-refractivity contribution in [2.45, 2.75) is 62.6 Å². The molecule has 1 amide bonds. The van der Waals surface area contributed by atoms with Gasteiger partial charge in [-0.25, -0.2) is 4.98 Å². The molecule has 5 rings (SSSR count). The first kappa shape index (κ1) is 15.6. The van der Waals surface area contributed by atoms with Gasteiger partial charge in [0.2, 0.25) is 5.91 Å². The van der Waals surface area contributed by atoms with Crippen molar-refractivity contribution < 1.29 is 4.79 Å². The maximum absolute atomic E-state index is 13.4. The lowest BCUT2D eigenvalue weighted by molar-refractivity contribution is -0.135. The van der Waals surface area contributed by atoms with Crippen LogP contribution < -0.4 is 10.2 Å². The monoisotopic (exact) mass is 340 g/mol. The molecule has 2 spiro atoms. The number of aromatic nitrogens is 1. The van der Waals surface area contributed by atoms with Crippen LogP contribution in [0, 0.1) is 5.92 Å². The second-order valence-electron chi connectivity index (χ2n) is 8.48. The minimum Gasteiger partial charge on any atom is -0.356 e. The van der Waals surface area contributed by atoms with Crippen molar-refractivity contribution in [1.29, 1.82) is 0 Å². The van der Waals surface area contributed by atoms with Crippen LogP contribution in [-0.2, 0) is 4.79 Å². The van der Waals surface area contributed by atoms with Gasteiger partial charge in [0, 0.05) is 38.7 Å². The predicted octanol–water partition coefficient (Wildman–Crippen LogP) is 2.53. The Labute approximate surface area is 149 Å². The molecule has 4 aliphatic rings. The second kappa shape index (κ2) is 5.70. The highest BCUT2D eigenvalue weighted by Crippen LogP contribution is 2.45. The zero-order valence-electron chi connectivity index (χ0n) is 14.9. The quantitative estimate of drug-likeness (QED) is 0.919. The fourth-order valence-electron chi connectivity index (χ4n) is 5.19. The van der Waals surface area contributed by atoms with Crippen LogP contribution in [0.15, 0.2) is 24.4 Å². The molecule has 3 heterocycles. The minimum absolute atomic E-state index is 0.116. The Hall–Kier alpha value is -1.62. The number of piperidine rings is 1. The largest absolute Gasteiger partial charge is 0.356 e. The van der Waals surface area contributed by atoms with Gasteiger partial charge in [0.15, 0.2) is 0 Å². The van der Waals surface area contributed by atoms with Crippen LogP contribution in [0.3, 0.4) is 0 Å². The van der Waals surface area contributed by atoms with Crippen molar-refractivity contribution in [2.24, 2.45) is 5.92 Å². The summed E-state index contributed by atoms with van der Waals surface area (Å²) in [6, 6.07) is 6.11. The Morgan fingerprint density at radius 3 is 2.52 bits per heavy atom. The molecule has 5 heteroatoms. The van der Waals surface area contributed by atoms with Gasteiger partial charge >= 0.3 is 0 Å². The Balaban J connectivity index is 1.38. The summed E-state index contributed by atoms with van der Waals surface area (Å²) in [7, 11) is 0. The number of carbonyl (C=O) groups excluding carboxylic acids is 1. The van der Waals surface area contributed by atoms with Gasteiger partial charge in [0.05, 0.1) is 11.2 Å². The van der Waals surface area contributed by atoms with E-state index in [4.69, 9.17) is 0 Å². The maximum atomic E-state index is 13.4. The lowest BCUT2D eigenvalue weighted by atomic mass is 9.94. The summed E-state index contributed by atoms with van der Waals surface area (Å²) in [6.45, 7) is 2.90. The number of anilines is 1. The SMILES string of the molecule is O=C1N(CC2CC2)C2(CCN(c3ccccn3)CC2)NC12CCCC2. The first-order chi connectivity index (χ1) is 12.2. The van der Waals surface area contributed by atoms with E-state index >= 15 is 0 Å². The number of amides is 1. The average Bonchev–Trinajstić information content (AvgIpc) is 3.31. The number of rotatable bonds is 3. The van der Waals surface area contributed by atoms with Crippen molar-refractivity contribution >= 4 is 11.7 Å². The zero-order valence-corrected chi connectivity index (χ0v) is 14.9. The first-order valence-electron chi connectivity index (χ1n) is 9.98. The van der Waals surface area contributed by atoms with E-state index in [0.29, 0.717) is 5.91 Å². The molecule has 0 unspecified atom stereocenters. The number of carbonyl (C=O) groups is 1. The minimum atomic E-state index is -0.248. The molecule has 4 fully saturated rings. The third kappa shape index (κ3) is 2.55. The van der Waals surface area contributed by atoms with Gasteiger partial charge in [0.1, 0.15) is 5.82 Å². The van der Waals surface area contributed by atoms with Crippen molar-refractivity contribution in [2.75, 3.05) is 24.5 Å². The van der Waals surface area contributed by atoms with E-state index in [1.54, 1.807) is 0 Å². The standard InChI is InChI=1S/C20H28N4O/c25-18-19(8-2-3-9-19)22-20(24(18)15-16-6-7-16)10-13-23(14-11-20)17-5-1-4-12-21-17/h1,4-5,12,16,22H,2-3,6-11,13-15H2. The molecule has 0 radical (unpaired) electrons. The Bertz CT molecular complexity index is 643. The van der Waals surface area contributed by atoms with E-state index in [2.05, 4.69) is 32.2 Å². The molecule has 0 atom stereocenters. The molecule has 0 bridgehead atoms. The van der Waals surface area contributed by atoms with Crippen LogP contribution in [0.1, 0.15) is 51.4 Å². The van der Waals surface area contributed by atoms with Crippen molar-refractivity contribution in [3.8, 4) is 0 Å². The summed E-state index contributed by atoms with van der Waals surface area (Å²) in [4.78, 5) is 22.5. The molecular weight excluding hydrogens is 312 g/mol. The number of hydrogen-bond donors (Lipinski definition) is 1. The van der Waals surface area contributed by atoms with Gasteiger partial charge in [-0.3, -0.25) is 10.1 Å². The second-order valence-corrected chi connectivity index (χ2v) is 8.48. The van der Waals surface area contributed by atoms with Gasteiger partial charge in [-0.15, -0.1) is 0 Å². The van der Waals surface area contributed by atoms with Crippen LogP contribution in [-0.4, -0.2) is 46.6 Å². The highest BCUT2D eigenvalue weighted by Gasteiger charge is 2.60. The molecule has 5 nitrogen and oxygen atoms in total. The van der Waals surface area contributed by atoms with Gasteiger partial charge in [0.25, 0.3) is 0 Å². The maximum Gasteiger partial charge on any atom is 0.244 e. The van der Waals surface area contributed by atoms with E-state index in [1.165, 1.54) is 25.7 Å². The molecule has 2 aliphatic heterocycles. The van der Waals surface area contributed by atoms with Gasteiger partial charge in [-0.2, -0.15) is 0 Å². The van der Waals surface area contributed by atoms with E-state index in [0.717, 1.165) is 57.1 Å². The summed E-state index contributed by atoms with van der Waals surface area (Å²) in [5.41, 5.74) is -0.364. The zero-order chi connectivity index (χ0) is 16.9. The fourth-order valence-corrected chi connectivity index (χ4v) is 5.19. The molecule has 1 N–H and O–H groups in total. The summed E-state index contributed by atoms with van der Waals surface area (Å²) < 4.78 is 0. The lowest BCUT2D eigenvalue weighted by Crippen LogP contribution is -2.60. The summed E-state index contributed by atoms with van der Waals surface area (Å²) in [5, 5.41) is 3.92. The van der Waals surface area contributed by atoms with Crippen LogP contribution in [0.2, 0.25) is 0 Å².